The van der Waals surface area contributed by atoms with Crippen LogP contribution in [0.2, 0.25) is 0 Å². The maximum Gasteiger partial charge on any atom is 0.192 e. The lowest BCUT2D eigenvalue weighted by Crippen LogP contribution is -2.50. The highest BCUT2D eigenvalue weighted by atomic mass is 127. The summed E-state index contributed by atoms with van der Waals surface area (Å²) in [5, 5.41) is 0. The van der Waals surface area contributed by atoms with Crippen LogP contribution in [0.15, 0.2) is 23.5 Å². The molecule has 0 amide bonds. The number of hydrogen-bond acceptors (Lipinski definition) is 2. The molecule has 0 heterocycles. The number of ether oxygens (including phenoxy) is 1. The fourth-order valence-corrected chi connectivity index (χ4v) is 7.16. The van der Waals surface area contributed by atoms with E-state index in [9.17, 15) is 0 Å². The first-order chi connectivity index (χ1) is 12.0. The summed E-state index contributed by atoms with van der Waals surface area (Å²) in [6.07, 6.45) is 14.3. The third-order valence-electron chi connectivity index (χ3n) is 7.98. The number of allylic oxidation sites excluding steroid dienone is 3. The average Bonchev–Trinajstić information content (AvgIpc) is 2.99. The minimum Gasteiger partial charge on any atom is -0.432 e. The van der Waals surface area contributed by atoms with Crippen molar-refractivity contribution in [1.82, 2.24) is 0 Å². The second-order valence-corrected chi connectivity index (χ2v) is 9.14. The first-order valence-electron chi connectivity index (χ1n) is 10.2. The second kappa shape index (κ2) is 7.53. The van der Waals surface area contributed by atoms with E-state index in [1.165, 1.54) is 50.7 Å². The van der Waals surface area contributed by atoms with E-state index in [1.807, 2.05) is 21.0 Å². The molecule has 2 saturated carbocycles. The molecule has 4 aliphatic carbocycles. The quantitative estimate of drug-likeness (QED) is 0.333. The summed E-state index contributed by atoms with van der Waals surface area (Å²) >= 11 is 2.08. The van der Waals surface area contributed by atoms with Gasteiger partial charge in [0.2, 0.25) is 0 Å². The van der Waals surface area contributed by atoms with Gasteiger partial charge in [-0.2, -0.15) is 0 Å². The zero-order valence-corrected chi connectivity index (χ0v) is 18.8. The molecule has 4 rings (SSSR count). The van der Waals surface area contributed by atoms with E-state index in [0.717, 1.165) is 17.8 Å². The van der Waals surface area contributed by atoms with Crippen molar-refractivity contribution in [2.45, 2.75) is 78.7 Å². The van der Waals surface area contributed by atoms with Crippen LogP contribution < -0.4 is 0 Å². The van der Waals surface area contributed by atoms with E-state index in [2.05, 4.69) is 49.0 Å². The minimum absolute atomic E-state index is 0.286. The van der Waals surface area contributed by atoms with Gasteiger partial charge in [0.1, 0.15) is 5.76 Å². The maximum absolute atomic E-state index is 5.72. The van der Waals surface area contributed by atoms with Gasteiger partial charge in [-0.05, 0) is 74.2 Å². The Morgan fingerprint density at radius 1 is 1.00 bits per heavy atom. The fourth-order valence-electron chi connectivity index (χ4n) is 6.48. The van der Waals surface area contributed by atoms with Gasteiger partial charge in [0.15, 0.2) is 23.0 Å². The molecule has 0 spiro atoms. The summed E-state index contributed by atoms with van der Waals surface area (Å²) in [6.45, 7) is 9.01. The van der Waals surface area contributed by atoms with E-state index in [4.69, 9.17) is 7.80 Å². The molecule has 0 aliphatic heterocycles. The summed E-state index contributed by atoms with van der Waals surface area (Å²) in [6, 6.07) is 0. The van der Waals surface area contributed by atoms with Crippen LogP contribution in [0.25, 0.3) is 0 Å². The number of rotatable bonds is 2. The Balaban J connectivity index is 0.000000880. The van der Waals surface area contributed by atoms with Crippen LogP contribution in [0.1, 0.15) is 72.6 Å². The van der Waals surface area contributed by atoms with Crippen molar-refractivity contribution < 1.29 is 7.80 Å². The van der Waals surface area contributed by atoms with Crippen LogP contribution >= 0.6 is 23.0 Å². The molecule has 6 unspecified atom stereocenters. The van der Waals surface area contributed by atoms with Gasteiger partial charge in [-0.25, -0.2) is 0 Å². The maximum atomic E-state index is 5.72. The fraction of sp³-hybridized carbons (Fsp3) is 0.818. The first kappa shape index (κ1) is 19.7. The van der Waals surface area contributed by atoms with Gasteiger partial charge in [-0.15, -0.1) is 0 Å². The minimum atomic E-state index is 0.286. The molecule has 0 radical (unpaired) electrons. The van der Waals surface area contributed by atoms with Crippen molar-refractivity contribution in [3.63, 3.8) is 0 Å². The Morgan fingerprint density at radius 3 is 2.40 bits per heavy atom. The Kier molecular flexibility index (Phi) is 5.94. The Hall–Kier alpha value is -0.0300. The van der Waals surface area contributed by atoms with Gasteiger partial charge in [-0.3, -0.25) is 0 Å². The van der Waals surface area contributed by atoms with Gasteiger partial charge >= 0.3 is 0 Å². The van der Waals surface area contributed by atoms with E-state index in [1.54, 1.807) is 5.57 Å². The molecule has 0 aromatic carbocycles. The zero-order chi connectivity index (χ0) is 18.2. The van der Waals surface area contributed by atoms with Crippen LogP contribution in [-0.2, 0) is 7.80 Å². The van der Waals surface area contributed by atoms with Crippen LogP contribution in [-0.4, -0.2) is 13.2 Å². The van der Waals surface area contributed by atoms with Crippen LogP contribution in [0.3, 0.4) is 0 Å². The van der Waals surface area contributed by atoms with Gasteiger partial charge in [0.25, 0.3) is 0 Å². The lowest BCUT2D eigenvalue weighted by atomic mass is 9.48. The zero-order valence-electron chi connectivity index (χ0n) is 16.6. The lowest BCUT2D eigenvalue weighted by Gasteiger charge is -2.57. The molecule has 6 atom stereocenters. The van der Waals surface area contributed by atoms with E-state index >= 15 is 0 Å². The molecule has 25 heavy (non-hydrogen) atoms. The van der Waals surface area contributed by atoms with E-state index in [-0.39, 0.29) is 5.41 Å². The van der Waals surface area contributed by atoms with Gasteiger partial charge in [0, 0.05) is 12.5 Å². The summed E-state index contributed by atoms with van der Waals surface area (Å²) in [5.41, 5.74) is 2.41. The average molecular weight is 458 g/mol. The molecule has 2 fully saturated rings. The number of fused-ring (bicyclic) bond motifs is 5. The van der Waals surface area contributed by atoms with Crippen molar-refractivity contribution in [2.75, 3.05) is 7.11 Å². The predicted octanol–water partition coefficient (Wildman–Crippen LogP) is 6.85. The van der Waals surface area contributed by atoms with Crippen LogP contribution in [0, 0.1) is 28.6 Å². The molecule has 0 N–H and O–H groups in total. The highest BCUT2D eigenvalue weighted by molar-refractivity contribution is 14.1. The third-order valence-corrected chi connectivity index (χ3v) is 8.46. The molecule has 0 aromatic heterocycles. The van der Waals surface area contributed by atoms with Gasteiger partial charge in [0.05, 0.1) is 6.10 Å². The van der Waals surface area contributed by atoms with E-state index in [0.29, 0.717) is 11.5 Å². The largest absolute Gasteiger partial charge is 0.432 e. The van der Waals surface area contributed by atoms with Gasteiger partial charge < -0.3 is 7.80 Å². The standard InChI is InChI=1S/C20H29IO2.C2H6/c1-19-10-8-14(22-3)12-13(19)4-5-15-16-6-7-18(23-21)20(16,2)11-9-17(15)19;1-2/h4,7,14-17H,5-6,8-12H2,1-3H3;1-2H3. The Labute approximate surface area is 168 Å². The normalized spacial score (nSPS) is 45.0. The molecular formula is C22H35IO2. The summed E-state index contributed by atoms with van der Waals surface area (Å²) in [7, 11) is 1.88. The molecule has 0 bridgehead atoms. The number of hydrogen-bond donors (Lipinski definition) is 0. The molecule has 142 valence electrons. The third kappa shape index (κ3) is 3.01. The summed E-state index contributed by atoms with van der Waals surface area (Å²) in [5.74, 6) is 3.73. The van der Waals surface area contributed by atoms with Gasteiger partial charge in [-0.1, -0.05) is 39.3 Å². The molecule has 3 heteroatoms. The molecule has 0 aromatic rings. The van der Waals surface area contributed by atoms with Crippen molar-refractivity contribution in [3.8, 4) is 0 Å². The topological polar surface area (TPSA) is 18.5 Å². The van der Waals surface area contributed by atoms with Crippen molar-refractivity contribution >= 4 is 23.0 Å². The summed E-state index contributed by atoms with van der Waals surface area (Å²) in [4.78, 5) is 0. The number of methoxy groups -OCH3 is 1. The monoisotopic (exact) mass is 458 g/mol. The molecular weight excluding hydrogens is 423 g/mol. The van der Waals surface area contributed by atoms with Crippen molar-refractivity contribution in [2.24, 2.45) is 28.6 Å². The smallest absolute Gasteiger partial charge is 0.192 e. The highest BCUT2D eigenvalue weighted by Gasteiger charge is 2.57. The SMILES string of the molecule is CC.COC1CCC2(C)C(=CCC3C2CCC2(C)C(OI)=CCC32)C1. The predicted molar refractivity (Wildman–Crippen MR) is 112 cm³/mol. The highest BCUT2D eigenvalue weighted by Crippen LogP contribution is 2.65. The Bertz CT molecular complexity index is 554. The molecule has 0 saturated heterocycles. The van der Waals surface area contributed by atoms with Crippen molar-refractivity contribution in [3.05, 3.63) is 23.5 Å². The van der Waals surface area contributed by atoms with Crippen LogP contribution in [0.5, 0.6) is 0 Å². The van der Waals surface area contributed by atoms with E-state index < -0.39 is 0 Å². The van der Waals surface area contributed by atoms with Crippen LogP contribution in [0.4, 0.5) is 0 Å². The molecule has 4 aliphatic rings. The lowest BCUT2D eigenvalue weighted by molar-refractivity contribution is -0.0405. The summed E-state index contributed by atoms with van der Waals surface area (Å²) < 4.78 is 11.4. The molecule has 2 nitrogen and oxygen atoms in total. The Morgan fingerprint density at radius 2 is 1.72 bits per heavy atom. The number of halogens is 1. The first-order valence-corrected chi connectivity index (χ1v) is 11.1. The second-order valence-electron chi connectivity index (χ2n) is 8.70. The van der Waals surface area contributed by atoms with Crippen molar-refractivity contribution in [1.29, 1.82) is 0 Å².